The summed E-state index contributed by atoms with van der Waals surface area (Å²) in [6, 6.07) is 27.5. The van der Waals surface area contributed by atoms with E-state index in [0.29, 0.717) is 21.9 Å². The van der Waals surface area contributed by atoms with Gasteiger partial charge in [-0.3, -0.25) is 0 Å². The fourth-order valence-corrected chi connectivity index (χ4v) is 9.22. The second kappa shape index (κ2) is 16.5. The van der Waals surface area contributed by atoms with Gasteiger partial charge in [-0.1, -0.05) is 126 Å². The van der Waals surface area contributed by atoms with Gasteiger partial charge in [0.15, 0.2) is 0 Å². The smallest absolute Gasteiger partial charge is 0.123 e. The van der Waals surface area contributed by atoms with Crippen LogP contribution in [-0.4, -0.2) is 48.6 Å². The molecule has 0 amide bonds. The van der Waals surface area contributed by atoms with Crippen LogP contribution in [0.1, 0.15) is 102 Å². The molecule has 0 heterocycles. The van der Waals surface area contributed by atoms with E-state index < -0.39 is 24.0 Å². The standard InChI is InChI=1S/C48H56N2O4/c1-5-9-27-49(28-10-6-2)45-33-21-15-13-19-31(33)41(39-35(45)23-17-25-37(39)51)43-47(53)44(48(43)54)42-32-20-14-16-22-34(32)46(36-24-18-26-38(52)40(36)42)50(29-11-7-3)30-12-8-4/h13-26,43-44,47-48,51-52H,5-12,27-30H2,1-4H3/q-2. The zero-order valence-corrected chi connectivity index (χ0v) is 32.5. The molecule has 1 aliphatic rings. The normalized spacial score (nSPS) is 18.5. The van der Waals surface area contributed by atoms with E-state index in [0.717, 1.165) is 121 Å². The van der Waals surface area contributed by atoms with Gasteiger partial charge in [0.05, 0.1) is 11.4 Å². The van der Waals surface area contributed by atoms with E-state index in [1.165, 1.54) is 0 Å². The van der Waals surface area contributed by atoms with Crippen molar-refractivity contribution in [2.24, 2.45) is 0 Å². The number of phenols is 2. The second-order valence-corrected chi connectivity index (χ2v) is 15.4. The van der Waals surface area contributed by atoms with Crippen molar-refractivity contribution in [3.05, 3.63) is 96.1 Å². The van der Waals surface area contributed by atoms with E-state index in [1.54, 1.807) is 12.1 Å². The quantitative estimate of drug-likeness (QED) is 0.0966. The molecule has 1 aliphatic carbocycles. The van der Waals surface area contributed by atoms with Crippen LogP contribution in [0.15, 0.2) is 84.9 Å². The van der Waals surface area contributed by atoms with Crippen molar-refractivity contribution in [1.82, 2.24) is 0 Å². The van der Waals surface area contributed by atoms with Crippen molar-refractivity contribution >= 4 is 54.5 Å². The topological polar surface area (TPSA) is 93.1 Å². The van der Waals surface area contributed by atoms with Crippen molar-refractivity contribution < 1.29 is 20.4 Å². The van der Waals surface area contributed by atoms with Crippen molar-refractivity contribution in [3.8, 4) is 11.5 Å². The van der Waals surface area contributed by atoms with E-state index in [1.807, 2.05) is 60.7 Å². The van der Waals surface area contributed by atoms with Crippen LogP contribution in [0.2, 0.25) is 0 Å². The van der Waals surface area contributed by atoms with Gasteiger partial charge in [-0.05, 0) is 71.6 Å². The maximum Gasteiger partial charge on any atom is 0.123 e. The van der Waals surface area contributed by atoms with Crippen LogP contribution in [0.4, 0.5) is 11.4 Å². The highest BCUT2D eigenvalue weighted by molar-refractivity contribution is 6.17. The van der Waals surface area contributed by atoms with Gasteiger partial charge in [0.25, 0.3) is 0 Å². The summed E-state index contributed by atoms with van der Waals surface area (Å²) >= 11 is 0. The average molecular weight is 725 g/mol. The van der Waals surface area contributed by atoms with Gasteiger partial charge in [-0.2, -0.15) is 0 Å². The average Bonchev–Trinajstić information content (AvgIpc) is 3.19. The Balaban J connectivity index is 1.43. The van der Waals surface area contributed by atoms with Gasteiger partial charge >= 0.3 is 0 Å². The summed E-state index contributed by atoms with van der Waals surface area (Å²) in [5, 5.41) is 60.2. The molecule has 0 aromatic heterocycles. The number of hydrogen-bond acceptors (Lipinski definition) is 6. The molecule has 6 aromatic rings. The van der Waals surface area contributed by atoms with Crippen LogP contribution >= 0.6 is 0 Å². The predicted molar refractivity (Wildman–Crippen MR) is 223 cm³/mol. The lowest BCUT2D eigenvalue weighted by Crippen LogP contribution is -2.63. The van der Waals surface area contributed by atoms with Crippen LogP contribution in [0.5, 0.6) is 11.5 Å². The number of anilines is 2. The van der Waals surface area contributed by atoms with Crippen LogP contribution in [-0.2, 0) is 0 Å². The SMILES string of the molecule is CCCCN(CCCC)c1c2ccccc2c(C2C([O-])C(c3c4ccccc4c(N(CCCC)CCCC)c4cccc(O)c34)C2[O-])c2c(O)cccc12. The number of benzene rings is 6. The van der Waals surface area contributed by atoms with Crippen LogP contribution < -0.4 is 20.0 Å². The number of rotatable bonds is 16. The Hall–Kier alpha value is -4.52. The Morgan fingerprint density at radius 3 is 1.09 bits per heavy atom. The maximum atomic E-state index is 15.1. The third kappa shape index (κ3) is 6.51. The molecule has 0 bridgehead atoms. The molecule has 7 rings (SSSR count). The van der Waals surface area contributed by atoms with Crippen molar-refractivity contribution in [2.45, 2.75) is 103 Å². The summed E-state index contributed by atoms with van der Waals surface area (Å²) in [6.45, 7) is 12.4. The van der Waals surface area contributed by atoms with Crippen LogP contribution in [0.25, 0.3) is 43.1 Å². The molecule has 6 nitrogen and oxygen atoms in total. The molecule has 0 aliphatic heterocycles. The van der Waals surface area contributed by atoms with Gasteiger partial charge in [0.2, 0.25) is 0 Å². The minimum Gasteiger partial charge on any atom is -0.851 e. The van der Waals surface area contributed by atoms with E-state index in [2.05, 4.69) is 49.6 Å². The fraction of sp³-hybridized carbons (Fsp3) is 0.417. The summed E-state index contributed by atoms with van der Waals surface area (Å²) < 4.78 is 0. The van der Waals surface area contributed by atoms with Crippen LogP contribution in [0, 0.1) is 0 Å². The lowest BCUT2D eigenvalue weighted by Gasteiger charge is -2.62. The van der Waals surface area contributed by atoms with Gasteiger partial charge in [-0.15, -0.1) is 12.2 Å². The van der Waals surface area contributed by atoms with Crippen molar-refractivity contribution in [2.75, 3.05) is 36.0 Å². The lowest BCUT2D eigenvalue weighted by atomic mass is 9.60. The Morgan fingerprint density at radius 1 is 0.444 bits per heavy atom. The Kier molecular flexibility index (Phi) is 11.5. The molecule has 2 N–H and O–H groups in total. The number of hydrogen-bond donors (Lipinski definition) is 2. The molecule has 0 saturated heterocycles. The van der Waals surface area contributed by atoms with E-state index >= 15 is 10.2 Å². The van der Waals surface area contributed by atoms with Crippen molar-refractivity contribution in [1.29, 1.82) is 0 Å². The predicted octanol–water partition coefficient (Wildman–Crippen LogP) is 9.86. The molecule has 6 aromatic carbocycles. The van der Waals surface area contributed by atoms with Gasteiger partial charge < -0.3 is 30.2 Å². The van der Waals surface area contributed by atoms with E-state index in [-0.39, 0.29) is 11.5 Å². The van der Waals surface area contributed by atoms with E-state index in [4.69, 9.17) is 0 Å². The molecule has 1 fully saturated rings. The minimum absolute atomic E-state index is 0.0976. The molecular formula is C48H56N2O4-2. The third-order valence-corrected chi connectivity index (χ3v) is 11.9. The molecular weight excluding hydrogens is 669 g/mol. The fourth-order valence-electron chi connectivity index (χ4n) is 9.22. The molecule has 6 heteroatoms. The summed E-state index contributed by atoms with van der Waals surface area (Å²) in [6.07, 6.45) is 5.86. The second-order valence-electron chi connectivity index (χ2n) is 15.4. The summed E-state index contributed by atoms with van der Waals surface area (Å²) in [5.41, 5.74) is 3.45. The molecule has 54 heavy (non-hydrogen) atoms. The van der Waals surface area contributed by atoms with Gasteiger partial charge in [-0.25, -0.2) is 0 Å². The van der Waals surface area contributed by atoms with E-state index in [9.17, 15) is 10.2 Å². The summed E-state index contributed by atoms with van der Waals surface area (Å²) in [7, 11) is 0. The Bertz CT molecular complexity index is 2070. The minimum atomic E-state index is -1.28. The number of nitrogens with zero attached hydrogens (tertiary/aromatic N) is 2. The number of fused-ring (bicyclic) bond motifs is 4. The Labute approximate surface area is 320 Å². The third-order valence-electron chi connectivity index (χ3n) is 11.9. The highest BCUT2D eigenvalue weighted by Gasteiger charge is 2.43. The van der Waals surface area contributed by atoms with Crippen LogP contribution in [0.3, 0.4) is 0 Å². The Morgan fingerprint density at radius 2 is 0.759 bits per heavy atom. The number of phenolic OH excluding ortho intramolecular Hbond substituents is 2. The van der Waals surface area contributed by atoms with Gasteiger partial charge in [0.1, 0.15) is 11.5 Å². The maximum absolute atomic E-state index is 15.1. The van der Waals surface area contributed by atoms with Gasteiger partial charge in [0, 0.05) is 58.5 Å². The summed E-state index contributed by atoms with van der Waals surface area (Å²) in [4.78, 5) is 4.89. The first-order valence-electron chi connectivity index (χ1n) is 20.5. The number of aromatic hydroxyl groups is 2. The van der Waals surface area contributed by atoms with Crippen molar-refractivity contribution in [3.63, 3.8) is 0 Å². The molecule has 0 radical (unpaired) electrons. The molecule has 0 spiro atoms. The molecule has 0 atom stereocenters. The summed E-state index contributed by atoms with van der Waals surface area (Å²) in [5.74, 6) is -1.57. The zero-order chi connectivity index (χ0) is 37.9. The first-order valence-corrected chi connectivity index (χ1v) is 20.5. The molecule has 0 unspecified atom stereocenters. The first-order chi connectivity index (χ1) is 26.4. The zero-order valence-electron chi connectivity index (χ0n) is 32.5. The molecule has 1 saturated carbocycles. The molecule has 284 valence electrons. The lowest BCUT2D eigenvalue weighted by molar-refractivity contribution is -0.535. The highest BCUT2D eigenvalue weighted by atomic mass is 16.3. The highest BCUT2D eigenvalue weighted by Crippen LogP contribution is 2.56. The monoisotopic (exact) mass is 724 g/mol. The number of unbranched alkanes of at least 4 members (excludes halogenated alkanes) is 4. The first kappa shape index (κ1) is 37.8. The largest absolute Gasteiger partial charge is 0.851 e.